The smallest absolute Gasteiger partial charge is 0.225 e. The molecule has 2 aromatic heterocycles. The Morgan fingerprint density at radius 1 is 1.00 bits per heavy atom. The summed E-state index contributed by atoms with van der Waals surface area (Å²) in [4.78, 5) is 13.5. The number of hydrogen-bond acceptors (Lipinski definition) is 5. The van der Waals surface area contributed by atoms with E-state index < -0.39 is 0 Å². The minimum absolute atomic E-state index is 0.156. The molecule has 0 saturated heterocycles. The molecule has 5 nitrogen and oxygen atoms in total. The Morgan fingerprint density at radius 2 is 1.70 bits per heavy atom. The number of nitrogens with zero attached hydrogens (tertiary/aromatic N) is 3. The average molecular weight is 382 g/mol. The number of benzene rings is 1. The van der Waals surface area contributed by atoms with Gasteiger partial charge >= 0.3 is 0 Å². The number of aromatic nitrogens is 3. The highest BCUT2D eigenvalue weighted by Gasteiger charge is 2.15. The zero-order valence-corrected chi connectivity index (χ0v) is 17.0. The lowest BCUT2D eigenvalue weighted by molar-refractivity contribution is 0.626. The van der Waals surface area contributed by atoms with Gasteiger partial charge in [-0.15, -0.1) is 0 Å². The molecule has 1 aromatic carbocycles. The third-order valence-corrected chi connectivity index (χ3v) is 4.14. The maximum absolute atomic E-state index is 6.16. The van der Waals surface area contributed by atoms with Crippen LogP contribution in [0.1, 0.15) is 31.9 Å². The number of rotatable bonds is 4. The summed E-state index contributed by atoms with van der Waals surface area (Å²) >= 11 is 6.16. The number of nitrogens with one attached hydrogen (secondary N) is 2. The summed E-state index contributed by atoms with van der Waals surface area (Å²) in [7, 11) is 0. The third-order valence-electron chi connectivity index (χ3n) is 3.92. The van der Waals surface area contributed by atoms with Crippen LogP contribution in [0.5, 0.6) is 0 Å². The zero-order chi connectivity index (χ0) is 19.6. The molecule has 6 heteroatoms. The molecule has 0 aliphatic heterocycles. The minimum Gasteiger partial charge on any atom is -0.350 e. The molecule has 2 heterocycles. The summed E-state index contributed by atoms with van der Waals surface area (Å²) in [5.41, 5.74) is 4.70. The average Bonchev–Trinajstić information content (AvgIpc) is 2.57. The van der Waals surface area contributed by atoms with E-state index in [1.807, 2.05) is 44.2 Å². The Balaban J connectivity index is 2.05. The van der Waals surface area contributed by atoms with Crippen molar-refractivity contribution in [3.05, 3.63) is 58.9 Å². The number of halogens is 1. The topological polar surface area (TPSA) is 62.7 Å². The van der Waals surface area contributed by atoms with Crippen LogP contribution in [0.15, 0.2) is 42.7 Å². The SMILES string of the molecule is Cc1cc(Cl)cc(C)c1Nc1cc(-c2cccnc2)nc(NC(C)(C)C)n1. The second kappa shape index (κ2) is 7.53. The fourth-order valence-corrected chi connectivity index (χ4v) is 3.13. The Morgan fingerprint density at radius 3 is 2.30 bits per heavy atom. The first-order valence-electron chi connectivity index (χ1n) is 8.83. The number of hydrogen-bond donors (Lipinski definition) is 2. The van der Waals surface area contributed by atoms with Crippen LogP contribution in [0.3, 0.4) is 0 Å². The van der Waals surface area contributed by atoms with Gasteiger partial charge in [0.25, 0.3) is 0 Å². The van der Waals surface area contributed by atoms with Crippen molar-refractivity contribution in [2.75, 3.05) is 10.6 Å². The van der Waals surface area contributed by atoms with Crippen LogP contribution in [0.2, 0.25) is 5.02 Å². The van der Waals surface area contributed by atoms with Crippen molar-refractivity contribution in [2.24, 2.45) is 0 Å². The molecule has 3 rings (SSSR count). The Hall–Kier alpha value is -2.66. The minimum atomic E-state index is -0.156. The van der Waals surface area contributed by atoms with Gasteiger partial charge in [0.15, 0.2) is 0 Å². The van der Waals surface area contributed by atoms with Gasteiger partial charge in [-0.1, -0.05) is 11.6 Å². The van der Waals surface area contributed by atoms with E-state index in [4.69, 9.17) is 11.6 Å². The third kappa shape index (κ3) is 4.95. The molecule has 0 amide bonds. The number of anilines is 3. The summed E-state index contributed by atoms with van der Waals surface area (Å²) in [5, 5.41) is 7.51. The highest BCUT2D eigenvalue weighted by Crippen LogP contribution is 2.29. The maximum Gasteiger partial charge on any atom is 0.225 e. The van der Waals surface area contributed by atoms with Gasteiger partial charge in [0.2, 0.25) is 5.95 Å². The van der Waals surface area contributed by atoms with Crippen LogP contribution in [0.4, 0.5) is 17.5 Å². The van der Waals surface area contributed by atoms with E-state index in [9.17, 15) is 0 Å². The van der Waals surface area contributed by atoms with Crippen LogP contribution >= 0.6 is 11.6 Å². The lowest BCUT2D eigenvalue weighted by Gasteiger charge is -2.22. The molecule has 140 valence electrons. The predicted octanol–water partition coefficient (Wildman–Crippen LogP) is 5.76. The normalized spacial score (nSPS) is 11.3. The van der Waals surface area contributed by atoms with Gasteiger partial charge in [0, 0.05) is 40.3 Å². The highest BCUT2D eigenvalue weighted by molar-refractivity contribution is 6.30. The van der Waals surface area contributed by atoms with E-state index in [2.05, 4.69) is 46.4 Å². The summed E-state index contributed by atoms with van der Waals surface area (Å²) < 4.78 is 0. The molecule has 0 atom stereocenters. The summed E-state index contributed by atoms with van der Waals surface area (Å²) in [6.07, 6.45) is 3.55. The number of pyridine rings is 1. The molecule has 0 radical (unpaired) electrons. The Bertz CT molecular complexity index is 926. The second-order valence-corrected chi connectivity index (χ2v) is 8.05. The first kappa shape index (κ1) is 19.1. The molecule has 0 fully saturated rings. The van der Waals surface area contributed by atoms with Crippen molar-refractivity contribution >= 4 is 29.1 Å². The van der Waals surface area contributed by atoms with Crippen molar-refractivity contribution in [2.45, 2.75) is 40.2 Å². The fourth-order valence-electron chi connectivity index (χ4n) is 2.80. The predicted molar refractivity (Wildman–Crippen MR) is 113 cm³/mol. The fraction of sp³-hybridized carbons (Fsp3) is 0.286. The van der Waals surface area contributed by atoms with Crippen molar-refractivity contribution < 1.29 is 0 Å². The van der Waals surface area contributed by atoms with Gasteiger partial charge in [-0.2, -0.15) is 4.98 Å². The molecule has 0 unspecified atom stereocenters. The number of aryl methyl sites for hydroxylation is 2. The molecular formula is C21H24ClN5. The van der Waals surface area contributed by atoms with Crippen molar-refractivity contribution in [1.29, 1.82) is 0 Å². The summed E-state index contributed by atoms with van der Waals surface area (Å²) in [6.45, 7) is 10.3. The van der Waals surface area contributed by atoms with Gasteiger partial charge in [-0.25, -0.2) is 4.98 Å². The molecule has 0 saturated carbocycles. The van der Waals surface area contributed by atoms with E-state index in [-0.39, 0.29) is 5.54 Å². The lowest BCUT2D eigenvalue weighted by Crippen LogP contribution is -2.27. The van der Waals surface area contributed by atoms with Gasteiger partial charge in [0.1, 0.15) is 5.82 Å². The van der Waals surface area contributed by atoms with E-state index in [0.717, 1.165) is 33.1 Å². The Kier molecular flexibility index (Phi) is 5.33. The summed E-state index contributed by atoms with van der Waals surface area (Å²) in [6, 6.07) is 9.69. The molecule has 0 spiro atoms. The molecule has 0 aliphatic rings. The zero-order valence-electron chi connectivity index (χ0n) is 16.3. The van der Waals surface area contributed by atoms with E-state index in [0.29, 0.717) is 11.8 Å². The molecule has 3 aromatic rings. The molecular weight excluding hydrogens is 358 g/mol. The van der Waals surface area contributed by atoms with E-state index in [1.165, 1.54) is 0 Å². The summed E-state index contributed by atoms with van der Waals surface area (Å²) in [5.74, 6) is 1.28. The first-order chi connectivity index (χ1) is 12.7. The van der Waals surface area contributed by atoms with Crippen LogP contribution < -0.4 is 10.6 Å². The first-order valence-corrected chi connectivity index (χ1v) is 9.20. The quantitative estimate of drug-likeness (QED) is 0.601. The van der Waals surface area contributed by atoms with Crippen molar-refractivity contribution in [3.8, 4) is 11.3 Å². The van der Waals surface area contributed by atoms with Gasteiger partial charge in [-0.3, -0.25) is 4.98 Å². The van der Waals surface area contributed by atoms with Crippen LogP contribution in [-0.2, 0) is 0 Å². The van der Waals surface area contributed by atoms with Crippen LogP contribution in [0, 0.1) is 13.8 Å². The molecule has 2 N–H and O–H groups in total. The van der Waals surface area contributed by atoms with Gasteiger partial charge < -0.3 is 10.6 Å². The monoisotopic (exact) mass is 381 g/mol. The Labute approximate surface area is 165 Å². The van der Waals surface area contributed by atoms with Crippen LogP contribution in [-0.4, -0.2) is 20.5 Å². The van der Waals surface area contributed by atoms with Crippen molar-refractivity contribution in [3.63, 3.8) is 0 Å². The largest absolute Gasteiger partial charge is 0.350 e. The molecule has 0 aliphatic carbocycles. The van der Waals surface area contributed by atoms with E-state index in [1.54, 1.807) is 12.4 Å². The molecule has 27 heavy (non-hydrogen) atoms. The second-order valence-electron chi connectivity index (χ2n) is 7.62. The lowest BCUT2D eigenvalue weighted by atomic mass is 10.1. The van der Waals surface area contributed by atoms with Crippen LogP contribution in [0.25, 0.3) is 11.3 Å². The van der Waals surface area contributed by atoms with Gasteiger partial charge in [0.05, 0.1) is 5.69 Å². The highest BCUT2D eigenvalue weighted by atomic mass is 35.5. The standard InChI is InChI=1S/C21H24ClN5/c1-13-9-16(22)10-14(2)19(13)25-18-11-17(15-7-6-8-23-12-15)24-20(26-18)27-21(3,4)5/h6-12H,1-5H3,(H2,24,25,26,27). The van der Waals surface area contributed by atoms with Crippen molar-refractivity contribution in [1.82, 2.24) is 15.0 Å². The maximum atomic E-state index is 6.16. The van der Waals surface area contributed by atoms with E-state index >= 15 is 0 Å². The molecule has 0 bridgehead atoms. The van der Waals surface area contributed by atoms with Gasteiger partial charge in [-0.05, 0) is 70.0 Å².